The van der Waals surface area contributed by atoms with Crippen LogP contribution in [0, 0.1) is 0 Å². The minimum absolute atomic E-state index is 0.356. The fraction of sp³-hybridized carbons (Fsp3) is 0.158. The standard InChI is InChI=1S/C19H17NO2S/c1-2-17-20-16(18(23-17)19(21)22)12-13-8-10-15(11-9-13)14-6-4-3-5-7-14/h3-11H,2,12H2,1H3,(H,21,22). The van der Waals surface area contributed by atoms with Gasteiger partial charge in [0.15, 0.2) is 0 Å². The summed E-state index contributed by atoms with van der Waals surface area (Å²) in [6, 6.07) is 18.4. The third kappa shape index (κ3) is 3.48. The van der Waals surface area contributed by atoms with Crippen LogP contribution in [0.25, 0.3) is 11.1 Å². The molecule has 0 spiro atoms. The topological polar surface area (TPSA) is 50.2 Å². The second-order valence-electron chi connectivity index (χ2n) is 5.28. The zero-order valence-corrected chi connectivity index (χ0v) is 13.6. The average Bonchev–Trinajstić information content (AvgIpc) is 3.00. The highest BCUT2D eigenvalue weighted by atomic mass is 32.1. The normalized spacial score (nSPS) is 10.7. The van der Waals surface area contributed by atoms with Crippen molar-refractivity contribution in [3.05, 3.63) is 75.7 Å². The summed E-state index contributed by atoms with van der Waals surface area (Å²) in [5.41, 5.74) is 4.06. The van der Waals surface area contributed by atoms with Crippen molar-refractivity contribution in [3.63, 3.8) is 0 Å². The number of hydrogen-bond donors (Lipinski definition) is 1. The quantitative estimate of drug-likeness (QED) is 0.743. The van der Waals surface area contributed by atoms with E-state index in [2.05, 4.69) is 29.2 Å². The van der Waals surface area contributed by atoms with Gasteiger partial charge in [0.2, 0.25) is 0 Å². The molecule has 0 aliphatic carbocycles. The number of rotatable bonds is 5. The first kappa shape index (κ1) is 15.4. The van der Waals surface area contributed by atoms with E-state index < -0.39 is 5.97 Å². The van der Waals surface area contributed by atoms with Crippen molar-refractivity contribution in [2.45, 2.75) is 19.8 Å². The predicted octanol–water partition coefficient (Wildman–Crippen LogP) is 4.66. The van der Waals surface area contributed by atoms with Crippen molar-refractivity contribution in [2.24, 2.45) is 0 Å². The van der Waals surface area contributed by atoms with Gasteiger partial charge in [0.25, 0.3) is 0 Å². The lowest BCUT2D eigenvalue weighted by atomic mass is 10.0. The first-order valence-electron chi connectivity index (χ1n) is 7.53. The molecule has 0 atom stereocenters. The second kappa shape index (κ2) is 6.75. The van der Waals surface area contributed by atoms with Crippen molar-refractivity contribution >= 4 is 17.3 Å². The van der Waals surface area contributed by atoms with Gasteiger partial charge in [-0.2, -0.15) is 0 Å². The van der Waals surface area contributed by atoms with Crippen LogP contribution in [0.2, 0.25) is 0 Å². The summed E-state index contributed by atoms with van der Waals surface area (Å²) < 4.78 is 0. The molecular weight excluding hydrogens is 306 g/mol. The summed E-state index contributed by atoms with van der Waals surface area (Å²) in [4.78, 5) is 16.2. The molecule has 23 heavy (non-hydrogen) atoms. The number of carbonyl (C=O) groups is 1. The fourth-order valence-corrected chi connectivity index (χ4v) is 3.34. The van der Waals surface area contributed by atoms with E-state index in [1.54, 1.807) is 0 Å². The molecule has 3 aromatic rings. The third-order valence-electron chi connectivity index (χ3n) is 3.67. The maximum atomic E-state index is 11.4. The monoisotopic (exact) mass is 323 g/mol. The zero-order chi connectivity index (χ0) is 16.2. The third-order valence-corrected chi connectivity index (χ3v) is 4.90. The minimum Gasteiger partial charge on any atom is -0.477 e. The Bertz CT molecular complexity index is 807. The molecule has 0 aliphatic rings. The van der Waals surface area contributed by atoms with Gasteiger partial charge in [0.1, 0.15) is 4.88 Å². The van der Waals surface area contributed by atoms with Crippen molar-refractivity contribution in [2.75, 3.05) is 0 Å². The van der Waals surface area contributed by atoms with Gasteiger partial charge in [-0.1, -0.05) is 61.5 Å². The van der Waals surface area contributed by atoms with E-state index in [1.807, 2.05) is 37.3 Å². The number of aromatic carboxylic acids is 1. The zero-order valence-electron chi connectivity index (χ0n) is 12.8. The molecule has 0 amide bonds. The number of benzene rings is 2. The van der Waals surface area contributed by atoms with Crippen LogP contribution in [0.15, 0.2) is 54.6 Å². The van der Waals surface area contributed by atoms with E-state index in [-0.39, 0.29) is 0 Å². The highest BCUT2D eigenvalue weighted by Crippen LogP contribution is 2.24. The van der Waals surface area contributed by atoms with Crippen molar-refractivity contribution < 1.29 is 9.90 Å². The predicted molar refractivity (Wildman–Crippen MR) is 93.1 cm³/mol. The smallest absolute Gasteiger partial charge is 0.347 e. The van der Waals surface area contributed by atoms with Gasteiger partial charge < -0.3 is 5.11 Å². The van der Waals surface area contributed by atoms with Gasteiger partial charge >= 0.3 is 5.97 Å². The SMILES string of the molecule is CCc1nc(Cc2ccc(-c3ccccc3)cc2)c(C(=O)O)s1. The molecule has 0 bridgehead atoms. The molecule has 1 aromatic heterocycles. The van der Waals surface area contributed by atoms with Gasteiger partial charge in [-0.3, -0.25) is 0 Å². The first-order valence-corrected chi connectivity index (χ1v) is 8.35. The summed E-state index contributed by atoms with van der Waals surface area (Å²) >= 11 is 1.28. The Labute approximate surface area is 139 Å². The lowest BCUT2D eigenvalue weighted by molar-refractivity contribution is 0.0701. The molecule has 0 saturated heterocycles. The molecule has 3 rings (SSSR count). The molecule has 2 aromatic carbocycles. The van der Waals surface area contributed by atoms with Crippen LogP contribution in [0.1, 0.15) is 32.9 Å². The number of nitrogens with zero attached hydrogens (tertiary/aromatic N) is 1. The van der Waals surface area contributed by atoms with E-state index in [4.69, 9.17) is 0 Å². The largest absolute Gasteiger partial charge is 0.477 e. The number of aromatic nitrogens is 1. The Morgan fingerprint density at radius 3 is 2.30 bits per heavy atom. The van der Waals surface area contributed by atoms with Crippen molar-refractivity contribution in [1.82, 2.24) is 4.98 Å². The van der Waals surface area contributed by atoms with Crippen molar-refractivity contribution in [3.8, 4) is 11.1 Å². The van der Waals surface area contributed by atoms with Gasteiger partial charge in [-0.25, -0.2) is 9.78 Å². The van der Waals surface area contributed by atoms with E-state index in [0.29, 0.717) is 17.0 Å². The number of hydrogen-bond acceptors (Lipinski definition) is 3. The van der Waals surface area contributed by atoms with Crippen LogP contribution in [-0.4, -0.2) is 16.1 Å². The average molecular weight is 323 g/mol. The van der Waals surface area contributed by atoms with Crippen LogP contribution in [0.3, 0.4) is 0 Å². The summed E-state index contributed by atoms with van der Waals surface area (Å²) in [7, 11) is 0. The van der Waals surface area contributed by atoms with E-state index in [0.717, 1.165) is 22.6 Å². The Hall–Kier alpha value is -2.46. The lowest BCUT2D eigenvalue weighted by Crippen LogP contribution is -2.00. The summed E-state index contributed by atoms with van der Waals surface area (Å²) in [6.07, 6.45) is 1.31. The van der Waals surface area contributed by atoms with E-state index >= 15 is 0 Å². The molecular formula is C19H17NO2S. The van der Waals surface area contributed by atoms with Crippen LogP contribution in [0.5, 0.6) is 0 Å². The molecule has 0 unspecified atom stereocenters. The lowest BCUT2D eigenvalue weighted by Gasteiger charge is -2.04. The van der Waals surface area contributed by atoms with Crippen LogP contribution >= 0.6 is 11.3 Å². The van der Waals surface area contributed by atoms with Gasteiger partial charge in [-0.15, -0.1) is 11.3 Å². The molecule has 1 heterocycles. The molecule has 4 heteroatoms. The minimum atomic E-state index is -0.891. The molecule has 3 nitrogen and oxygen atoms in total. The van der Waals surface area contributed by atoms with Crippen LogP contribution < -0.4 is 0 Å². The Balaban J connectivity index is 1.84. The summed E-state index contributed by atoms with van der Waals surface area (Å²) in [5, 5.41) is 10.2. The Morgan fingerprint density at radius 1 is 1.04 bits per heavy atom. The molecule has 0 saturated carbocycles. The molecule has 0 radical (unpaired) electrons. The number of carboxylic acids is 1. The highest BCUT2D eigenvalue weighted by Gasteiger charge is 2.16. The first-order chi connectivity index (χ1) is 11.2. The maximum absolute atomic E-state index is 11.4. The summed E-state index contributed by atoms with van der Waals surface area (Å²) in [5.74, 6) is -0.891. The maximum Gasteiger partial charge on any atom is 0.347 e. The summed E-state index contributed by atoms with van der Waals surface area (Å²) in [6.45, 7) is 1.99. The Morgan fingerprint density at radius 2 is 1.70 bits per heavy atom. The van der Waals surface area contributed by atoms with Crippen LogP contribution in [0.4, 0.5) is 0 Å². The number of thiazole rings is 1. The number of carboxylic acid groups (broad SMARTS) is 1. The van der Waals surface area contributed by atoms with E-state index in [9.17, 15) is 9.90 Å². The van der Waals surface area contributed by atoms with Gasteiger partial charge in [-0.05, 0) is 23.1 Å². The van der Waals surface area contributed by atoms with Crippen molar-refractivity contribution in [1.29, 1.82) is 0 Å². The van der Waals surface area contributed by atoms with E-state index in [1.165, 1.54) is 16.9 Å². The van der Waals surface area contributed by atoms with Crippen LogP contribution in [-0.2, 0) is 12.8 Å². The van der Waals surface area contributed by atoms with Gasteiger partial charge in [0, 0.05) is 6.42 Å². The second-order valence-corrected chi connectivity index (χ2v) is 6.37. The Kier molecular flexibility index (Phi) is 4.53. The molecule has 0 fully saturated rings. The highest BCUT2D eigenvalue weighted by molar-refractivity contribution is 7.13. The van der Waals surface area contributed by atoms with Gasteiger partial charge in [0.05, 0.1) is 10.7 Å². The fourth-order valence-electron chi connectivity index (χ4n) is 2.48. The molecule has 116 valence electrons. The number of aryl methyl sites for hydroxylation is 1. The molecule has 1 N–H and O–H groups in total. The molecule has 0 aliphatic heterocycles.